The molecule has 0 atom stereocenters. The quantitative estimate of drug-likeness (QED) is 0.620. The highest BCUT2D eigenvalue weighted by atomic mass is 15.1. The fraction of sp³-hybridized carbons (Fsp3) is 0.304. The molecule has 1 heterocycles. The third-order valence-corrected chi connectivity index (χ3v) is 5.28. The number of benzene rings is 3. The zero-order valence-electron chi connectivity index (χ0n) is 15.2. The number of anilines is 2. The maximum absolute atomic E-state index is 2.57. The number of hydrogen-bond acceptors (Lipinski definition) is 2. The Bertz CT molecular complexity index is 859. The monoisotopic (exact) mass is 330 g/mol. The van der Waals surface area contributed by atoms with Crippen LogP contribution in [0.3, 0.4) is 0 Å². The van der Waals surface area contributed by atoms with Crippen molar-refractivity contribution >= 4 is 22.1 Å². The van der Waals surface area contributed by atoms with E-state index in [1.807, 2.05) is 0 Å². The molecule has 1 fully saturated rings. The van der Waals surface area contributed by atoms with Crippen molar-refractivity contribution in [1.82, 2.24) is 0 Å². The first kappa shape index (κ1) is 16.0. The molecule has 3 aromatic rings. The van der Waals surface area contributed by atoms with Crippen molar-refractivity contribution < 1.29 is 0 Å². The van der Waals surface area contributed by atoms with Crippen molar-refractivity contribution in [2.24, 2.45) is 0 Å². The van der Waals surface area contributed by atoms with Gasteiger partial charge in [0.2, 0.25) is 0 Å². The molecule has 0 N–H and O–H groups in total. The molecule has 1 saturated heterocycles. The molecule has 25 heavy (non-hydrogen) atoms. The van der Waals surface area contributed by atoms with Gasteiger partial charge in [0.15, 0.2) is 0 Å². The Morgan fingerprint density at radius 2 is 1.48 bits per heavy atom. The predicted molar refractivity (Wildman–Crippen MR) is 110 cm³/mol. The summed E-state index contributed by atoms with van der Waals surface area (Å²) in [6.45, 7) is 2.34. The molecule has 0 unspecified atom stereocenters. The van der Waals surface area contributed by atoms with Crippen molar-refractivity contribution in [2.75, 3.05) is 37.0 Å². The molecular weight excluding hydrogens is 304 g/mol. The van der Waals surface area contributed by atoms with Gasteiger partial charge in [-0.2, -0.15) is 0 Å². The second-order valence-corrected chi connectivity index (χ2v) is 7.17. The van der Waals surface area contributed by atoms with Crippen molar-refractivity contribution in [2.45, 2.75) is 19.3 Å². The van der Waals surface area contributed by atoms with Gasteiger partial charge in [0.25, 0.3) is 0 Å². The Kier molecular flexibility index (Phi) is 4.35. The molecular formula is C23H26N2. The Labute approximate surface area is 150 Å². The van der Waals surface area contributed by atoms with Gasteiger partial charge in [0, 0.05) is 44.1 Å². The fourth-order valence-electron chi connectivity index (χ4n) is 3.89. The van der Waals surface area contributed by atoms with E-state index in [1.165, 1.54) is 65.6 Å². The summed E-state index contributed by atoms with van der Waals surface area (Å²) in [5.41, 5.74) is 5.31. The zero-order chi connectivity index (χ0) is 17.2. The summed E-state index contributed by atoms with van der Waals surface area (Å²) in [6.07, 6.45) is 3.95. The standard InChI is InChI=1S/C23H26N2/c1-24(2)20-13-10-19(11-14-20)23-21-9-5-4-8-18(21)12-15-22(23)25-16-6-3-7-17-25/h4-5,8-15H,3,6-7,16-17H2,1-2H3. The Hall–Kier alpha value is -2.48. The molecule has 0 aromatic heterocycles. The first-order valence-electron chi connectivity index (χ1n) is 9.28. The minimum atomic E-state index is 1.17. The second kappa shape index (κ2) is 6.79. The highest BCUT2D eigenvalue weighted by Crippen LogP contribution is 2.39. The smallest absolute Gasteiger partial charge is 0.0452 e. The Balaban J connectivity index is 1.89. The predicted octanol–water partition coefficient (Wildman–Crippen LogP) is 5.56. The van der Waals surface area contributed by atoms with Crippen LogP contribution in [0.5, 0.6) is 0 Å². The van der Waals surface area contributed by atoms with E-state index in [2.05, 4.69) is 84.6 Å². The van der Waals surface area contributed by atoms with Crippen molar-refractivity contribution in [3.63, 3.8) is 0 Å². The van der Waals surface area contributed by atoms with E-state index >= 15 is 0 Å². The van der Waals surface area contributed by atoms with E-state index < -0.39 is 0 Å². The van der Waals surface area contributed by atoms with Gasteiger partial charge in [-0.15, -0.1) is 0 Å². The maximum Gasteiger partial charge on any atom is 0.0452 e. The first-order valence-corrected chi connectivity index (χ1v) is 9.28. The van der Waals surface area contributed by atoms with Crippen LogP contribution in [0.4, 0.5) is 11.4 Å². The van der Waals surface area contributed by atoms with Gasteiger partial charge in [0.05, 0.1) is 0 Å². The summed E-state index contributed by atoms with van der Waals surface area (Å²) in [5.74, 6) is 0. The molecule has 0 radical (unpaired) electrons. The molecule has 0 bridgehead atoms. The summed E-state index contributed by atoms with van der Waals surface area (Å²) < 4.78 is 0. The highest BCUT2D eigenvalue weighted by molar-refractivity contribution is 6.03. The highest BCUT2D eigenvalue weighted by Gasteiger charge is 2.17. The van der Waals surface area contributed by atoms with Crippen molar-refractivity contribution in [1.29, 1.82) is 0 Å². The molecule has 1 aliphatic rings. The average molecular weight is 330 g/mol. The number of fused-ring (bicyclic) bond motifs is 1. The van der Waals surface area contributed by atoms with Gasteiger partial charge in [0.1, 0.15) is 0 Å². The Morgan fingerprint density at radius 1 is 0.760 bits per heavy atom. The average Bonchev–Trinajstić information content (AvgIpc) is 2.68. The van der Waals surface area contributed by atoms with E-state index in [-0.39, 0.29) is 0 Å². The minimum absolute atomic E-state index is 1.17. The van der Waals surface area contributed by atoms with Crippen LogP contribution in [0.25, 0.3) is 21.9 Å². The largest absolute Gasteiger partial charge is 0.378 e. The lowest BCUT2D eigenvalue weighted by molar-refractivity contribution is 0.578. The lowest BCUT2D eigenvalue weighted by atomic mass is 9.94. The van der Waals surface area contributed by atoms with Crippen LogP contribution in [-0.2, 0) is 0 Å². The van der Waals surface area contributed by atoms with Crippen molar-refractivity contribution in [3.8, 4) is 11.1 Å². The summed E-state index contributed by atoms with van der Waals surface area (Å²) >= 11 is 0. The molecule has 1 aliphatic heterocycles. The number of rotatable bonds is 3. The first-order chi connectivity index (χ1) is 12.2. The van der Waals surface area contributed by atoms with E-state index in [4.69, 9.17) is 0 Å². The molecule has 2 heteroatoms. The second-order valence-electron chi connectivity index (χ2n) is 7.17. The van der Waals surface area contributed by atoms with E-state index in [0.29, 0.717) is 0 Å². The topological polar surface area (TPSA) is 6.48 Å². The van der Waals surface area contributed by atoms with Crippen LogP contribution in [0, 0.1) is 0 Å². The fourth-order valence-corrected chi connectivity index (χ4v) is 3.89. The number of piperidine rings is 1. The van der Waals surface area contributed by atoms with Crippen LogP contribution in [-0.4, -0.2) is 27.2 Å². The van der Waals surface area contributed by atoms with Crippen LogP contribution in [0.1, 0.15) is 19.3 Å². The zero-order valence-corrected chi connectivity index (χ0v) is 15.2. The molecule has 0 saturated carbocycles. The molecule has 128 valence electrons. The van der Waals surface area contributed by atoms with Gasteiger partial charge in [-0.1, -0.05) is 42.5 Å². The lowest BCUT2D eigenvalue weighted by Crippen LogP contribution is -2.29. The summed E-state index contributed by atoms with van der Waals surface area (Å²) in [6, 6.07) is 22.3. The van der Waals surface area contributed by atoms with Crippen LogP contribution in [0.15, 0.2) is 60.7 Å². The van der Waals surface area contributed by atoms with Crippen molar-refractivity contribution in [3.05, 3.63) is 60.7 Å². The molecule has 0 spiro atoms. The van der Waals surface area contributed by atoms with E-state index in [1.54, 1.807) is 0 Å². The Morgan fingerprint density at radius 3 is 2.20 bits per heavy atom. The van der Waals surface area contributed by atoms with Crippen LogP contribution in [0.2, 0.25) is 0 Å². The van der Waals surface area contributed by atoms with Gasteiger partial charge in [-0.3, -0.25) is 0 Å². The summed E-state index contributed by atoms with van der Waals surface area (Å²) in [4.78, 5) is 4.73. The molecule has 2 nitrogen and oxygen atoms in total. The van der Waals surface area contributed by atoms with E-state index in [9.17, 15) is 0 Å². The lowest BCUT2D eigenvalue weighted by Gasteiger charge is -2.31. The minimum Gasteiger partial charge on any atom is -0.378 e. The number of hydrogen-bond donors (Lipinski definition) is 0. The molecule has 0 amide bonds. The van der Waals surface area contributed by atoms with Crippen LogP contribution >= 0.6 is 0 Å². The van der Waals surface area contributed by atoms with Gasteiger partial charge >= 0.3 is 0 Å². The van der Waals surface area contributed by atoms with Gasteiger partial charge < -0.3 is 9.80 Å². The summed E-state index contributed by atoms with van der Waals surface area (Å²) in [5, 5.41) is 2.66. The van der Waals surface area contributed by atoms with Gasteiger partial charge in [-0.05, 0) is 53.8 Å². The third kappa shape index (κ3) is 3.09. The normalized spacial score (nSPS) is 14.7. The van der Waals surface area contributed by atoms with Gasteiger partial charge in [-0.25, -0.2) is 0 Å². The van der Waals surface area contributed by atoms with Crippen LogP contribution < -0.4 is 9.80 Å². The van der Waals surface area contributed by atoms with E-state index in [0.717, 1.165) is 0 Å². The third-order valence-electron chi connectivity index (χ3n) is 5.28. The molecule has 4 rings (SSSR count). The SMILES string of the molecule is CN(C)c1ccc(-c2c(N3CCCCC3)ccc3ccccc23)cc1. The maximum atomic E-state index is 2.57. The molecule has 0 aliphatic carbocycles. The number of nitrogens with zero attached hydrogens (tertiary/aromatic N) is 2. The summed E-state index contributed by atoms with van der Waals surface area (Å²) in [7, 11) is 4.18. The molecule has 3 aromatic carbocycles.